The van der Waals surface area contributed by atoms with Gasteiger partial charge >= 0.3 is 5.88 Å². The molecule has 0 bridgehead atoms. The van der Waals surface area contributed by atoms with Crippen LogP contribution in [0.4, 0.5) is 0 Å². The van der Waals surface area contributed by atoms with Crippen LogP contribution in [0.25, 0.3) is 0 Å². The minimum absolute atomic E-state index is 0.0949. The Labute approximate surface area is 51.4 Å². The van der Waals surface area contributed by atoms with E-state index in [9.17, 15) is 5.21 Å². The van der Waals surface area contributed by atoms with Gasteiger partial charge in [0.1, 0.15) is 0 Å². The Morgan fingerprint density at radius 2 is 2.78 bits per heavy atom. The first kappa shape index (κ1) is 5.87. The zero-order valence-corrected chi connectivity index (χ0v) is 4.90. The fourth-order valence-electron chi connectivity index (χ4n) is 0.437. The van der Waals surface area contributed by atoms with Crippen molar-refractivity contribution in [1.29, 1.82) is 0 Å². The van der Waals surface area contributed by atoms with E-state index in [1.165, 1.54) is 6.20 Å². The molecule has 5 heteroatoms. The fourth-order valence-corrected chi connectivity index (χ4v) is 0.437. The van der Waals surface area contributed by atoms with Crippen LogP contribution < -0.4 is 9.64 Å². The molecule has 50 valence electrons. The van der Waals surface area contributed by atoms with Crippen LogP contribution in [0.3, 0.4) is 0 Å². The van der Waals surface area contributed by atoms with Crippen molar-refractivity contribution in [3.05, 3.63) is 11.4 Å². The number of hydrogen-bond acceptors (Lipinski definition) is 4. The van der Waals surface area contributed by atoms with E-state index in [1.54, 1.807) is 6.92 Å². The lowest BCUT2D eigenvalue weighted by Gasteiger charge is -1.93. The molecular formula is C4H6N2O3. The summed E-state index contributed by atoms with van der Waals surface area (Å²) in [6.07, 6.45) is 1.22. The van der Waals surface area contributed by atoms with Crippen molar-refractivity contribution in [2.24, 2.45) is 0 Å². The summed E-state index contributed by atoms with van der Waals surface area (Å²) in [5.74, 6) is 0.0949. The number of nitrogens with zero attached hydrogens (tertiary/aromatic N) is 2. The Hall–Kier alpha value is -1.26. The van der Waals surface area contributed by atoms with Gasteiger partial charge in [0.25, 0.3) is 6.20 Å². The van der Waals surface area contributed by atoms with Gasteiger partial charge in [-0.15, -0.1) is 0 Å². The molecule has 0 amide bonds. The molecule has 0 aliphatic heterocycles. The van der Waals surface area contributed by atoms with Crippen molar-refractivity contribution in [3.63, 3.8) is 0 Å². The monoisotopic (exact) mass is 130 g/mol. The summed E-state index contributed by atoms with van der Waals surface area (Å²) in [4.78, 5) is 0.212. The van der Waals surface area contributed by atoms with Crippen LogP contribution in [0.15, 0.2) is 10.8 Å². The number of aromatic nitrogens is 2. The molecule has 1 heterocycles. The van der Waals surface area contributed by atoms with E-state index in [0.717, 1.165) is 0 Å². The van der Waals surface area contributed by atoms with Crippen LogP contribution in [0.1, 0.15) is 6.92 Å². The third-order valence-electron chi connectivity index (χ3n) is 0.757. The van der Waals surface area contributed by atoms with Crippen LogP contribution >= 0.6 is 0 Å². The molecule has 0 saturated heterocycles. The third-order valence-corrected chi connectivity index (χ3v) is 0.757. The van der Waals surface area contributed by atoms with E-state index in [1.807, 2.05) is 0 Å². The standard InChI is InChI=1S/C4H6N2O3/c1-2-8-4-3-5-9-6(4)7/h3H,2H2,1H3. The van der Waals surface area contributed by atoms with Gasteiger partial charge in [0.15, 0.2) is 0 Å². The van der Waals surface area contributed by atoms with Crippen LogP contribution in [-0.4, -0.2) is 11.8 Å². The molecule has 0 fully saturated rings. The lowest BCUT2D eigenvalue weighted by molar-refractivity contribution is -0.805. The molecule has 0 N–H and O–H groups in total. The Balaban J connectivity index is 2.69. The van der Waals surface area contributed by atoms with E-state index in [-0.39, 0.29) is 10.8 Å². The van der Waals surface area contributed by atoms with Gasteiger partial charge in [-0.1, -0.05) is 0 Å². The summed E-state index contributed by atoms with van der Waals surface area (Å²) in [6, 6.07) is 0. The molecule has 1 rings (SSSR count). The summed E-state index contributed by atoms with van der Waals surface area (Å²) in [6.45, 7) is 2.20. The zero-order valence-electron chi connectivity index (χ0n) is 4.90. The van der Waals surface area contributed by atoms with Gasteiger partial charge in [-0.3, -0.25) is 4.63 Å². The first-order chi connectivity index (χ1) is 4.34. The second kappa shape index (κ2) is 2.34. The molecule has 0 spiro atoms. The summed E-state index contributed by atoms with van der Waals surface area (Å²) >= 11 is 0. The van der Waals surface area contributed by atoms with Gasteiger partial charge in [0, 0.05) is 5.16 Å². The molecule has 0 unspecified atom stereocenters. The van der Waals surface area contributed by atoms with E-state index in [4.69, 9.17) is 4.74 Å². The summed E-state index contributed by atoms with van der Waals surface area (Å²) in [7, 11) is 0. The highest BCUT2D eigenvalue weighted by atomic mass is 16.8. The van der Waals surface area contributed by atoms with E-state index >= 15 is 0 Å². The Kier molecular flexibility index (Phi) is 1.53. The van der Waals surface area contributed by atoms with Crippen LogP contribution in [0.2, 0.25) is 0 Å². The molecule has 0 aliphatic carbocycles. The number of ether oxygens (including phenoxy) is 1. The highest BCUT2D eigenvalue weighted by Crippen LogP contribution is 1.96. The molecule has 1 aromatic rings. The normalized spacial score (nSPS) is 9.44. The predicted octanol–water partition coefficient (Wildman–Crippen LogP) is -0.293. The Morgan fingerprint density at radius 1 is 2.00 bits per heavy atom. The molecule has 9 heavy (non-hydrogen) atoms. The first-order valence-electron chi connectivity index (χ1n) is 2.52. The molecule has 0 radical (unpaired) electrons. The van der Waals surface area contributed by atoms with Crippen LogP contribution in [0.5, 0.6) is 5.88 Å². The fraction of sp³-hybridized carbons (Fsp3) is 0.500. The van der Waals surface area contributed by atoms with Crippen molar-refractivity contribution in [2.75, 3.05) is 6.61 Å². The second-order valence-corrected chi connectivity index (χ2v) is 1.34. The summed E-state index contributed by atoms with van der Waals surface area (Å²) in [5, 5.41) is 13.6. The maximum Gasteiger partial charge on any atom is 0.372 e. The van der Waals surface area contributed by atoms with Gasteiger partial charge < -0.3 is 9.94 Å². The maximum atomic E-state index is 10.4. The van der Waals surface area contributed by atoms with Crippen LogP contribution in [0, 0.1) is 5.21 Å². The largest absolute Gasteiger partial charge is 0.457 e. The molecule has 0 aliphatic rings. The van der Waals surface area contributed by atoms with E-state index in [0.29, 0.717) is 6.61 Å². The van der Waals surface area contributed by atoms with Gasteiger partial charge in [-0.05, 0) is 11.8 Å². The zero-order chi connectivity index (χ0) is 6.69. The quantitative estimate of drug-likeness (QED) is 0.516. The van der Waals surface area contributed by atoms with E-state index < -0.39 is 0 Å². The molecule has 0 atom stereocenters. The number of hydrogen-bond donors (Lipinski definition) is 0. The minimum Gasteiger partial charge on any atom is -0.457 e. The number of rotatable bonds is 2. The van der Waals surface area contributed by atoms with Gasteiger partial charge in [0.05, 0.1) is 6.61 Å². The van der Waals surface area contributed by atoms with Crippen molar-refractivity contribution >= 4 is 0 Å². The highest BCUT2D eigenvalue weighted by molar-refractivity contribution is 4.88. The second-order valence-electron chi connectivity index (χ2n) is 1.34. The molecule has 5 nitrogen and oxygen atoms in total. The topological polar surface area (TPSA) is 62.2 Å². The van der Waals surface area contributed by atoms with Crippen LogP contribution in [-0.2, 0) is 0 Å². The maximum absolute atomic E-state index is 10.4. The summed E-state index contributed by atoms with van der Waals surface area (Å²) < 4.78 is 8.87. The Bertz CT molecular complexity index is 186. The Morgan fingerprint density at radius 3 is 3.22 bits per heavy atom. The molecule has 1 aromatic heterocycles. The average molecular weight is 130 g/mol. The summed E-state index contributed by atoms with van der Waals surface area (Å²) in [5.41, 5.74) is 0. The van der Waals surface area contributed by atoms with Crippen molar-refractivity contribution in [2.45, 2.75) is 6.92 Å². The lowest BCUT2D eigenvalue weighted by Crippen LogP contribution is -2.25. The first-order valence-corrected chi connectivity index (χ1v) is 2.52. The predicted molar refractivity (Wildman–Crippen MR) is 26.6 cm³/mol. The van der Waals surface area contributed by atoms with Gasteiger partial charge in [-0.25, -0.2) is 0 Å². The lowest BCUT2D eigenvalue weighted by atomic mass is 10.8. The van der Waals surface area contributed by atoms with E-state index in [2.05, 4.69) is 9.79 Å². The van der Waals surface area contributed by atoms with Crippen molar-refractivity contribution in [3.8, 4) is 5.88 Å². The van der Waals surface area contributed by atoms with Gasteiger partial charge in [-0.2, -0.15) is 0 Å². The third kappa shape index (κ3) is 1.10. The average Bonchev–Trinajstić information content (AvgIpc) is 2.18. The van der Waals surface area contributed by atoms with Gasteiger partial charge in [0.2, 0.25) is 0 Å². The smallest absolute Gasteiger partial charge is 0.372 e. The molecule has 0 saturated carbocycles. The minimum atomic E-state index is 0.0949. The molecule has 0 aromatic carbocycles. The van der Waals surface area contributed by atoms with Crippen molar-refractivity contribution in [1.82, 2.24) is 5.16 Å². The highest BCUT2D eigenvalue weighted by Gasteiger charge is 2.04. The molecular weight excluding hydrogens is 124 g/mol. The SMILES string of the molecule is CCOc1cno[n+]1[O-]. The van der Waals surface area contributed by atoms with Crippen molar-refractivity contribution < 1.29 is 14.3 Å².